The summed E-state index contributed by atoms with van der Waals surface area (Å²) in [6.45, 7) is 6.18. The quantitative estimate of drug-likeness (QED) is 0.336. The number of rotatable bonds is 7. The zero-order valence-corrected chi connectivity index (χ0v) is 13.4. The molecule has 0 heterocycles. The summed E-state index contributed by atoms with van der Waals surface area (Å²) in [5.41, 5.74) is 0. The zero-order chi connectivity index (χ0) is 14.3. The minimum atomic E-state index is 0.122. The van der Waals surface area contributed by atoms with Gasteiger partial charge in [0.05, 0.1) is 4.08 Å². The van der Waals surface area contributed by atoms with Gasteiger partial charge in [0.1, 0.15) is 0 Å². The topological polar surface area (TPSA) is 0 Å². The fourth-order valence-electron chi connectivity index (χ4n) is 1.96. The van der Waals surface area contributed by atoms with E-state index in [1.165, 1.54) is 9.79 Å². The van der Waals surface area contributed by atoms with Crippen molar-refractivity contribution in [1.29, 1.82) is 0 Å². The van der Waals surface area contributed by atoms with Crippen LogP contribution in [0, 0.1) is 0 Å². The van der Waals surface area contributed by atoms with Crippen molar-refractivity contribution in [2.75, 3.05) is 0 Å². The van der Waals surface area contributed by atoms with Gasteiger partial charge in [-0.25, -0.2) is 0 Å². The molecule has 0 unspecified atom stereocenters. The molecule has 2 heteroatoms. The smallest absolute Gasteiger partial charge is 0.0680 e. The molecule has 104 valence electrons. The van der Waals surface area contributed by atoms with Crippen molar-refractivity contribution >= 4 is 23.5 Å². The van der Waals surface area contributed by atoms with Gasteiger partial charge in [0.15, 0.2) is 0 Å². The normalized spacial score (nSPS) is 11.2. The van der Waals surface area contributed by atoms with Gasteiger partial charge >= 0.3 is 0 Å². The van der Waals surface area contributed by atoms with E-state index in [0.717, 1.165) is 12.8 Å². The fraction of sp³-hybridized carbons (Fsp3) is 0.222. The summed E-state index contributed by atoms with van der Waals surface area (Å²) in [5, 5.41) is 0. The largest absolute Gasteiger partial charge is 0.108 e. The lowest BCUT2D eigenvalue weighted by atomic mass is 10.2. The molecule has 0 aliphatic carbocycles. The van der Waals surface area contributed by atoms with E-state index in [4.69, 9.17) is 0 Å². The summed E-state index contributed by atoms with van der Waals surface area (Å²) in [5.74, 6) is 0. The summed E-state index contributed by atoms with van der Waals surface area (Å²) in [6, 6.07) is 21.3. The first-order valence-electron chi connectivity index (χ1n) is 6.81. The average molecular weight is 300 g/mol. The third-order valence-electron chi connectivity index (χ3n) is 2.96. The van der Waals surface area contributed by atoms with Crippen LogP contribution >= 0.6 is 23.5 Å². The van der Waals surface area contributed by atoms with Crippen LogP contribution in [0.1, 0.15) is 19.8 Å². The molecule has 0 spiro atoms. The molecule has 0 aliphatic rings. The van der Waals surface area contributed by atoms with Gasteiger partial charge in [-0.1, -0.05) is 42.5 Å². The van der Waals surface area contributed by atoms with Gasteiger partial charge in [0.2, 0.25) is 0 Å². The highest BCUT2D eigenvalue weighted by Crippen LogP contribution is 2.48. The summed E-state index contributed by atoms with van der Waals surface area (Å²) >= 11 is 3.88. The maximum atomic E-state index is 3.86. The van der Waals surface area contributed by atoms with Crippen LogP contribution in [0.25, 0.3) is 0 Å². The Hall–Kier alpha value is -1.12. The Kier molecular flexibility index (Phi) is 5.81. The van der Waals surface area contributed by atoms with Crippen molar-refractivity contribution in [1.82, 2.24) is 0 Å². The Labute approximate surface area is 130 Å². The second-order valence-corrected chi connectivity index (χ2v) is 8.20. The van der Waals surface area contributed by atoms with E-state index < -0.39 is 0 Å². The van der Waals surface area contributed by atoms with Crippen LogP contribution in [0.5, 0.6) is 0 Å². The number of hydrogen-bond acceptors (Lipinski definition) is 2. The average Bonchev–Trinajstić information content (AvgIpc) is 2.47. The van der Waals surface area contributed by atoms with Crippen molar-refractivity contribution in [2.24, 2.45) is 0 Å². The first-order chi connectivity index (χ1) is 9.72. The molecule has 0 aliphatic heterocycles. The molecular weight excluding hydrogens is 280 g/mol. The lowest BCUT2D eigenvalue weighted by molar-refractivity contribution is 0.784. The van der Waals surface area contributed by atoms with Crippen LogP contribution in [0.3, 0.4) is 0 Å². The predicted molar refractivity (Wildman–Crippen MR) is 92.4 cm³/mol. The molecule has 2 rings (SSSR count). The number of benzene rings is 2. The fourth-order valence-corrected chi connectivity index (χ4v) is 4.73. The van der Waals surface area contributed by atoms with Crippen molar-refractivity contribution in [3.8, 4) is 0 Å². The van der Waals surface area contributed by atoms with Gasteiger partial charge < -0.3 is 0 Å². The SMILES string of the molecule is C=CCCC(C)(Sc1ccccc1)Sc1ccccc1. The minimum Gasteiger partial charge on any atom is -0.108 e. The molecule has 0 N–H and O–H groups in total. The second-order valence-electron chi connectivity index (χ2n) is 4.79. The van der Waals surface area contributed by atoms with Crippen molar-refractivity contribution in [2.45, 2.75) is 33.6 Å². The highest BCUT2D eigenvalue weighted by Gasteiger charge is 2.26. The third-order valence-corrected chi connectivity index (χ3v) is 5.74. The number of hydrogen-bond donors (Lipinski definition) is 0. The molecule has 0 atom stereocenters. The van der Waals surface area contributed by atoms with Gasteiger partial charge in [-0.05, 0) is 44.0 Å². The monoisotopic (exact) mass is 300 g/mol. The molecule has 2 aromatic carbocycles. The zero-order valence-electron chi connectivity index (χ0n) is 11.8. The van der Waals surface area contributed by atoms with Gasteiger partial charge in [-0.2, -0.15) is 0 Å². The Morgan fingerprint density at radius 3 is 1.75 bits per heavy atom. The molecule has 0 fully saturated rings. The third kappa shape index (κ3) is 4.77. The van der Waals surface area contributed by atoms with Gasteiger partial charge in [-0.3, -0.25) is 0 Å². The summed E-state index contributed by atoms with van der Waals surface area (Å²) in [4.78, 5) is 2.64. The maximum absolute atomic E-state index is 3.86. The lowest BCUT2D eigenvalue weighted by Crippen LogP contribution is -2.14. The van der Waals surface area contributed by atoms with Crippen molar-refractivity contribution < 1.29 is 0 Å². The van der Waals surface area contributed by atoms with Gasteiger partial charge in [-0.15, -0.1) is 30.1 Å². The lowest BCUT2D eigenvalue weighted by Gasteiger charge is -2.28. The Morgan fingerprint density at radius 1 is 0.900 bits per heavy atom. The molecule has 0 radical (unpaired) electrons. The first kappa shape index (κ1) is 15.3. The Balaban J connectivity index is 2.14. The molecular formula is C18H20S2. The van der Waals surface area contributed by atoms with Crippen molar-refractivity contribution in [3.63, 3.8) is 0 Å². The van der Waals surface area contributed by atoms with Crippen LogP contribution in [0.15, 0.2) is 83.1 Å². The Bertz CT molecular complexity index is 478. The first-order valence-corrected chi connectivity index (χ1v) is 8.44. The summed E-state index contributed by atoms with van der Waals surface area (Å²) in [7, 11) is 0. The van der Waals surface area contributed by atoms with E-state index in [1.807, 2.05) is 29.6 Å². The Morgan fingerprint density at radius 2 is 1.35 bits per heavy atom. The molecule has 0 bridgehead atoms. The van der Waals surface area contributed by atoms with E-state index in [0.29, 0.717) is 0 Å². The van der Waals surface area contributed by atoms with Gasteiger partial charge in [0, 0.05) is 9.79 Å². The molecule has 0 saturated heterocycles. The van der Waals surface area contributed by atoms with Crippen molar-refractivity contribution in [3.05, 3.63) is 73.3 Å². The highest BCUT2D eigenvalue weighted by molar-refractivity contribution is 8.18. The molecule has 0 aromatic heterocycles. The van der Waals surface area contributed by atoms with Crippen LogP contribution in [-0.2, 0) is 0 Å². The summed E-state index contributed by atoms with van der Waals surface area (Å²) in [6.07, 6.45) is 4.15. The highest BCUT2D eigenvalue weighted by atomic mass is 32.2. The second kappa shape index (κ2) is 7.61. The van der Waals surface area contributed by atoms with Crippen LogP contribution in [-0.4, -0.2) is 4.08 Å². The van der Waals surface area contributed by atoms with E-state index >= 15 is 0 Å². The maximum Gasteiger partial charge on any atom is 0.0680 e. The molecule has 0 saturated carbocycles. The van der Waals surface area contributed by atoms with Crippen LogP contribution in [0.4, 0.5) is 0 Å². The standard InChI is InChI=1S/C18H20S2/c1-3-4-15-18(2,19-16-11-7-5-8-12-16)20-17-13-9-6-10-14-17/h3,5-14H,1,4,15H2,2H3. The van der Waals surface area contributed by atoms with E-state index in [-0.39, 0.29) is 4.08 Å². The van der Waals surface area contributed by atoms with Crippen LogP contribution in [0.2, 0.25) is 0 Å². The van der Waals surface area contributed by atoms with E-state index in [1.54, 1.807) is 0 Å². The molecule has 0 amide bonds. The van der Waals surface area contributed by atoms with Crippen LogP contribution < -0.4 is 0 Å². The molecule has 20 heavy (non-hydrogen) atoms. The number of allylic oxidation sites excluding steroid dienone is 1. The predicted octanol–water partition coefficient (Wildman–Crippen LogP) is 6.25. The number of thioether (sulfide) groups is 2. The van der Waals surface area contributed by atoms with E-state index in [9.17, 15) is 0 Å². The molecule has 0 nitrogen and oxygen atoms in total. The molecule has 2 aromatic rings. The minimum absolute atomic E-state index is 0.122. The van der Waals surface area contributed by atoms with Gasteiger partial charge in [0.25, 0.3) is 0 Å². The van der Waals surface area contributed by atoms with E-state index in [2.05, 4.69) is 74.2 Å². The summed E-state index contributed by atoms with van der Waals surface area (Å²) < 4.78 is 0.122.